The summed E-state index contributed by atoms with van der Waals surface area (Å²) in [5.41, 5.74) is 2.38. The molecule has 1 saturated heterocycles. The van der Waals surface area contributed by atoms with Crippen molar-refractivity contribution in [1.82, 2.24) is 14.9 Å². The second-order valence-electron chi connectivity index (χ2n) is 8.88. The van der Waals surface area contributed by atoms with Crippen molar-refractivity contribution in [2.24, 2.45) is 0 Å². The summed E-state index contributed by atoms with van der Waals surface area (Å²) in [6, 6.07) is 22.6. The lowest BCUT2D eigenvalue weighted by molar-refractivity contribution is -0.0214. The van der Waals surface area contributed by atoms with E-state index in [1.807, 2.05) is 36.4 Å². The molecule has 1 aromatic heterocycles. The summed E-state index contributed by atoms with van der Waals surface area (Å²) in [7, 11) is 0. The largest absolute Gasteiger partial charge is 0.492 e. The number of hydrogen-bond acceptors (Lipinski definition) is 6. The minimum atomic E-state index is 0.329. The number of ether oxygens (including phenoxy) is 2. The fourth-order valence-corrected chi connectivity index (χ4v) is 4.50. The van der Waals surface area contributed by atoms with Crippen molar-refractivity contribution in [3.8, 4) is 5.75 Å². The van der Waals surface area contributed by atoms with Crippen molar-refractivity contribution >= 4 is 5.82 Å². The molecule has 2 fully saturated rings. The van der Waals surface area contributed by atoms with E-state index in [4.69, 9.17) is 9.47 Å². The topological polar surface area (TPSA) is 50.7 Å². The van der Waals surface area contributed by atoms with Crippen molar-refractivity contribution in [1.29, 1.82) is 0 Å². The number of anilines is 1. The summed E-state index contributed by atoms with van der Waals surface area (Å²) in [5.74, 6) is 2.46. The molecule has 1 saturated carbocycles. The number of aromatic nitrogens is 2. The van der Waals surface area contributed by atoms with Crippen LogP contribution in [-0.4, -0.2) is 60.3 Å². The molecule has 2 aromatic carbocycles. The van der Waals surface area contributed by atoms with Gasteiger partial charge in [-0.15, -0.1) is 0 Å². The van der Waals surface area contributed by atoms with Crippen LogP contribution in [0.15, 0.2) is 73.1 Å². The molecule has 1 aliphatic heterocycles. The van der Waals surface area contributed by atoms with Crippen molar-refractivity contribution in [2.45, 2.75) is 31.5 Å². The first-order valence-corrected chi connectivity index (χ1v) is 12.0. The van der Waals surface area contributed by atoms with E-state index in [1.165, 1.54) is 5.56 Å². The van der Waals surface area contributed by atoms with Gasteiger partial charge < -0.3 is 14.4 Å². The molecule has 0 bridgehead atoms. The Bertz CT molecular complexity index is 987. The minimum absolute atomic E-state index is 0.329. The fraction of sp³-hybridized carbons (Fsp3) is 0.407. The molecule has 3 aromatic rings. The fourth-order valence-electron chi connectivity index (χ4n) is 4.50. The zero-order valence-electron chi connectivity index (χ0n) is 19.1. The van der Waals surface area contributed by atoms with E-state index in [2.05, 4.69) is 50.1 Å². The van der Waals surface area contributed by atoms with E-state index in [0.29, 0.717) is 18.6 Å². The standard InChI is InChI=1S/C27H32N4O2/c1-3-7-22(8-4-1)20-33-25-17-23(18-25)26-19-27(29-21-28-26)31-13-11-30(12-14-31)15-16-32-24-9-5-2-6-10-24/h1-10,19,21,23,25H,11-18,20H2. The molecule has 0 spiro atoms. The van der Waals surface area contributed by atoms with Crippen LogP contribution in [0.5, 0.6) is 5.75 Å². The van der Waals surface area contributed by atoms with Crippen molar-refractivity contribution in [2.75, 3.05) is 44.2 Å². The molecule has 172 valence electrons. The summed E-state index contributed by atoms with van der Waals surface area (Å²) >= 11 is 0. The maximum atomic E-state index is 6.06. The van der Waals surface area contributed by atoms with Crippen LogP contribution in [0, 0.1) is 0 Å². The van der Waals surface area contributed by atoms with E-state index in [0.717, 1.165) is 69.4 Å². The molecule has 2 aliphatic rings. The number of benzene rings is 2. The molecule has 1 aliphatic carbocycles. The van der Waals surface area contributed by atoms with Crippen LogP contribution in [0.4, 0.5) is 5.82 Å². The molecule has 6 heteroatoms. The highest BCUT2D eigenvalue weighted by Gasteiger charge is 2.32. The first-order valence-electron chi connectivity index (χ1n) is 12.0. The van der Waals surface area contributed by atoms with Crippen molar-refractivity contribution in [3.63, 3.8) is 0 Å². The molecule has 0 amide bonds. The first kappa shape index (κ1) is 21.9. The lowest BCUT2D eigenvalue weighted by atomic mass is 9.80. The molecule has 5 rings (SSSR count). The van der Waals surface area contributed by atoms with Gasteiger partial charge in [0.05, 0.1) is 12.7 Å². The van der Waals surface area contributed by atoms with Gasteiger partial charge in [-0.3, -0.25) is 4.90 Å². The molecule has 0 radical (unpaired) electrons. The molecular formula is C27H32N4O2. The highest BCUT2D eigenvalue weighted by molar-refractivity contribution is 5.40. The van der Waals surface area contributed by atoms with E-state index < -0.39 is 0 Å². The van der Waals surface area contributed by atoms with Crippen LogP contribution in [0.2, 0.25) is 0 Å². The SMILES string of the molecule is c1ccc(COC2CC(c3cc(N4CCN(CCOc5ccccc5)CC4)ncn3)C2)cc1. The Hall–Kier alpha value is -2.96. The number of piperazine rings is 1. The zero-order valence-corrected chi connectivity index (χ0v) is 19.1. The van der Waals surface area contributed by atoms with Crippen molar-refractivity contribution < 1.29 is 9.47 Å². The Morgan fingerprint density at radius 3 is 2.33 bits per heavy atom. The van der Waals surface area contributed by atoms with Gasteiger partial charge in [-0.05, 0) is 30.5 Å². The number of nitrogens with zero attached hydrogens (tertiary/aromatic N) is 4. The molecule has 2 heterocycles. The van der Waals surface area contributed by atoms with Crippen LogP contribution in [0.25, 0.3) is 0 Å². The molecule has 33 heavy (non-hydrogen) atoms. The second kappa shape index (κ2) is 10.8. The van der Waals surface area contributed by atoms with Gasteiger partial charge in [0.15, 0.2) is 0 Å². The average Bonchev–Trinajstić information content (AvgIpc) is 2.85. The number of hydrogen-bond donors (Lipinski definition) is 0. The van der Waals surface area contributed by atoms with Gasteiger partial charge in [-0.2, -0.15) is 0 Å². The summed E-state index contributed by atoms with van der Waals surface area (Å²) in [6.07, 6.45) is 4.13. The van der Waals surface area contributed by atoms with Gasteiger partial charge in [0.25, 0.3) is 0 Å². The third kappa shape index (κ3) is 5.89. The van der Waals surface area contributed by atoms with Gasteiger partial charge in [0.2, 0.25) is 0 Å². The van der Waals surface area contributed by atoms with Gasteiger partial charge in [-0.25, -0.2) is 9.97 Å². The molecule has 6 nitrogen and oxygen atoms in total. The maximum absolute atomic E-state index is 6.06. The predicted molar refractivity (Wildman–Crippen MR) is 130 cm³/mol. The Labute approximate surface area is 196 Å². The van der Waals surface area contributed by atoms with Crippen LogP contribution in [-0.2, 0) is 11.3 Å². The summed E-state index contributed by atoms with van der Waals surface area (Å²) in [5, 5.41) is 0. The lowest BCUT2D eigenvalue weighted by Gasteiger charge is -2.37. The van der Waals surface area contributed by atoms with Crippen LogP contribution in [0.1, 0.15) is 30.0 Å². The smallest absolute Gasteiger partial charge is 0.132 e. The third-order valence-corrected chi connectivity index (χ3v) is 6.63. The summed E-state index contributed by atoms with van der Waals surface area (Å²) in [4.78, 5) is 14.0. The van der Waals surface area contributed by atoms with Crippen LogP contribution < -0.4 is 9.64 Å². The quantitative estimate of drug-likeness (QED) is 0.494. The van der Waals surface area contributed by atoms with E-state index >= 15 is 0 Å². The normalized spacial score (nSPS) is 20.9. The van der Waals surface area contributed by atoms with Crippen LogP contribution >= 0.6 is 0 Å². The third-order valence-electron chi connectivity index (χ3n) is 6.63. The second-order valence-corrected chi connectivity index (χ2v) is 8.88. The number of para-hydroxylation sites is 1. The lowest BCUT2D eigenvalue weighted by Crippen LogP contribution is -2.47. The molecule has 0 unspecified atom stereocenters. The zero-order chi connectivity index (χ0) is 22.3. The minimum Gasteiger partial charge on any atom is -0.492 e. The Balaban J connectivity index is 1.05. The van der Waals surface area contributed by atoms with Gasteiger partial charge in [-0.1, -0.05) is 48.5 Å². The number of rotatable bonds is 9. The first-order chi connectivity index (χ1) is 16.3. The molecule has 0 atom stereocenters. The predicted octanol–water partition coefficient (Wildman–Crippen LogP) is 4.14. The Kier molecular flexibility index (Phi) is 7.14. The van der Waals surface area contributed by atoms with Gasteiger partial charge >= 0.3 is 0 Å². The molecular weight excluding hydrogens is 412 g/mol. The van der Waals surface area contributed by atoms with E-state index in [1.54, 1.807) is 6.33 Å². The highest BCUT2D eigenvalue weighted by atomic mass is 16.5. The van der Waals surface area contributed by atoms with Gasteiger partial charge in [0.1, 0.15) is 24.5 Å². The summed E-state index contributed by atoms with van der Waals surface area (Å²) in [6.45, 7) is 6.37. The van der Waals surface area contributed by atoms with E-state index in [-0.39, 0.29) is 0 Å². The van der Waals surface area contributed by atoms with Crippen LogP contribution in [0.3, 0.4) is 0 Å². The summed E-state index contributed by atoms with van der Waals surface area (Å²) < 4.78 is 11.9. The Morgan fingerprint density at radius 2 is 1.58 bits per heavy atom. The van der Waals surface area contributed by atoms with E-state index in [9.17, 15) is 0 Å². The Morgan fingerprint density at radius 1 is 0.848 bits per heavy atom. The van der Waals surface area contributed by atoms with Crippen molar-refractivity contribution in [3.05, 3.63) is 84.3 Å². The maximum Gasteiger partial charge on any atom is 0.132 e. The molecule has 0 N–H and O–H groups in total. The monoisotopic (exact) mass is 444 g/mol. The average molecular weight is 445 g/mol. The highest BCUT2D eigenvalue weighted by Crippen LogP contribution is 2.38. The van der Waals surface area contributed by atoms with Gasteiger partial charge in [0, 0.05) is 50.4 Å².